The number of ether oxygens (including phenoxy) is 1. The van der Waals surface area contributed by atoms with Crippen molar-refractivity contribution in [1.29, 1.82) is 0 Å². The maximum atomic E-state index is 11.0. The molecule has 0 saturated heterocycles. The summed E-state index contributed by atoms with van der Waals surface area (Å²) in [6.45, 7) is 6.02. The summed E-state index contributed by atoms with van der Waals surface area (Å²) in [5.41, 5.74) is 0. The van der Waals surface area contributed by atoms with Crippen LogP contribution in [0.4, 0.5) is 0 Å². The summed E-state index contributed by atoms with van der Waals surface area (Å²) in [6, 6.07) is 0.181. The first-order valence-electron chi connectivity index (χ1n) is 4.45. The van der Waals surface area contributed by atoms with E-state index in [-0.39, 0.29) is 12.0 Å². The summed E-state index contributed by atoms with van der Waals surface area (Å²) < 4.78 is 4.59. The lowest BCUT2D eigenvalue weighted by Crippen LogP contribution is -2.40. The number of rotatable bonds is 5. The molecule has 3 nitrogen and oxygen atoms in total. The average molecular weight is 173 g/mol. The van der Waals surface area contributed by atoms with Gasteiger partial charge in [-0.15, -0.1) is 0 Å². The van der Waals surface area contributed by atoms with Gasteiger partial charge in [0, 0.05) is 6.04 Å². The van der Waals surface area contributed by atoms with Crippen LogP contribution in [-0.2, 0) is 9.53 Å². The minimum atomic E-state index is -0.198. The zero-order valence-corrected chi connectivity index (χ0v) is 8.39. The molecule has 0 fully saturated rings. The number of methoxy groups -OCH3 is 1. The van der Waals surface area contributed by atoms with E-state index in [4.69, 9.17) is 0 Å². The molecule has 0 aliphatic carbocycles. The Hall–Kier alpha value is -0.570. The summed E-state index contributed by atoms with van der Waals surface area (Å²) in [5.74, 6) is -0.196. The molecule has 0 aliphatic rings. The lowest BCUT2D eigenvalue weighted by atomic mass is 10.2. The second-order valence-electron chi connectivity index (χ2n) is 3.10. The predicted molar refractivity (Wildman–Crippen MR) is 49.0 cm³/mol. The van der Waals surface area contributed by atoms with Gasteiger partial charge in [0.05, 0.1) is 7.11 Å². The van der Waals surface area contributed by atoms with Crippen LogP contribution >= 0.6 is 0 Å². The van der Waals surface area contributed by atoms with Gasteiger partial charge in [-0.05, 0) is 20.3 Å². The van der Waals surface area contributed by atoms with Crippen LogP contribution in [0.5, 0.6) is 0 Å². The largest absolute Gasteiger partial charge is 0.468 e. The van der Waals surface area contributed by atoms with Gasteiger partial charge in [0.2, 0.25) is 0 Å². The second kappa shape index (κ2) is 6.00. The second-order valence-corrected chi connectivity index (χ2v) is 3.10. The molecule has 0 heterocycles. The maximum absolute atomic E-state index is 11.0. The topological polar surface area (TPSA) is 38.3 Å². The van der Waals surface area contributed by atoms with E-state index in [2.05, 4.69) is 23.9 Å². The van der Waals surface area contributed by atoms with Gasteiger partial charge in [-0.2, -0.15) is 0 Å². The van der Waals surface area contributed by atoms with E-state index in [1.165, 1.54) is 7.11 Å². The van der Waals surface area contributed by atoms with E-state index in [0.717, 1.165) is 12.8 Å². The van der Waals surface area contributed by atoms with E-state index in [1.807, 2.05) is 6.92 Å². The Bertz CT molecular complexity index is 136. The molecule has 0 spiro atoms. The molecule has 0 radical (unpaired) electrons. The highest BCUT2D eigenvalue weighted by atomic mass is 16.5. The summed E-state index contributed by atoms with van der Waals surface area (Å²) in [7, 11) is 1.41. The third-order valence-electron chi connectivity index (χ3n) is 1.81. The van der Waals surface area contributed by atoms with E-state index in [9.17, 15) is 4.79 Å². The summed E-state index contributed by atoms with van der Waals surface area (Å²) >= 11 is 0. The first-order chi connectivity index (χ1) is 5.61. The number of esters is 1. The third kappa shape index (κ3) is 4.34. The molecular formula is C9H19NO2. The van der Waals surface area contributed by atoms with E-state index in [0.29, 0.717) is 6.04 Å². The molecule has 0 aromatic rings. The molecule has 0 aliphatic heterocycles. The van der Waals surface area contributed by atoms with Gasteiger partial charge < -0.3 is 10.1 Å². The van der Waals surface area contributed by atoms with Gasteiger partial charge >= 0.3 is 5.97 Å². The van der Waals surface area contributed by atoms with Crippen LogP contribution in [0.2, 0.25) is 0 Å². The number of hydrogen-bond donors (Lipinski definition) is 1. The molecule has 0 saturated carbocycles. The fourth-order valence-corrected chi connectivity index (χ4v) is 1.19. The zero-order chi connectivity index (χ0) is 9.56. The Balaban J connectivity index is 3.67. The predicted octanol–water partition coefficient (Wildman–Crippen LogP) is 1.33. The number of carbonyl (C=O) groups is 1. The molecule has 1 N–H and O–H groups in total. The summed E-state index contributed by atoms with van der Waals surface area (Å²) in [4.78, 5) is 11.0. The van der Waals surface area contributed by atoms with E-state index < -0.39 is 0 Å². The monoisotopic (exact) mass is 173 g/mol. The Labute approximate surface area is 74.5 Å². The first kappa shape index (κ1) is 11.4. The van der Waals surface area contributed by atoms with Gasteiger partial charge in [0.1, 0.15) is 6.04 Å². The normalized spacial score (nSPS) is 15.3. The van der Waals surface area contributed by atoms with Gasteiger partial charge in [0.25, 0.3) is 0 Å². The van der Waals surface area contributed by atoms with Crippen molar-refractivity contribution in [3.8, 4) is 0 Å². The molecule has 3 heteroatoms. The smallest absolute Gasteiger partial charge is 0.322 e. The van der Waals surface area contributed by atoms with Crippen molar-refractivity contribution >= 4 is 5.97 Å². The van der Waals surface area contributed by atoms with Crippen LogP contribution in [-0.4, -0.2) is 25.2 Å². The van der Waals surface area contributed by atoms with Crippen LogP contribution in [0.15, 0.2) is 0 Å². The SMILES string of the molecule is CCCC(C)NC(C)C(=O)OC. The highest BCUT2D eigenvalue weighted by molar-refractivity contribution is 5.75. The third-order valence-corrected chi connectivity index (χ3v) is 1.81. The van der Waals surface area contributed by atoms with Crippen LogP contribution in [0.25, 0.3) is 0 Å². The van der Waals surface area contributed by atoms with Crippen molar-refractivity contribution in [3.05, 3.63) is 0 Å². The number of nitrogens with one attached hydrogen (secondary N) is 1. The van der Waals surface area contributed by atoms with Crippen molar-refractivity contribution in [3.63, 3.8) is 0 Å². The average Bonchev–Trinajstić information content (AvgIpc) is 2.03. The van der Waals surface area contributed by atoms with Crippen molar-refractivity contribution in [2.45, 2.75) is 45.7 Å². The van der Waals surface area contributed by atoms with Crippen LogP contribution in [0.1, 0.15) is 33.6 Å². The zero-order valence-electron chi connectivity index (χ0n) is 8.39. The fraction of sp³-hybridized carbons (Fsp3) is 0.889. The van der Waals surface area contributed by atoms with Crippen LogP contribution < -0.4 is 5.32 Å². The quantitative estimate of drug-likeness (QED) is 0.637. The lowest BCUT2D eigenvalue weighted by molar-refractivity contribution is -0.142. The molecule has 12 heavy (non-hydrogen) atoms. The molecule has 0 aromatic heterocycles. The lowest BCUT2D eigenvalue weighted by Gasteiger charge is -2.17. The van der Waals surface area contributed by atoms with Gasteiger partial charge in [0.15, 0.2) is 0 Å². The molecule has 0 aromatic carbocycles. The standard InChI is InChI=1S/C9H19NO2/c1-5-6-7(2)10-8(3)9(11)12-4/h7-8,10H,5-6H2,1-4H3. The molecule has 0 bridgehead atoms. The van der Waals surface area contributed by atoms with Crippen molar-refractivity contribution < 1.29 is 9.53 Å². The van der Waals surface area contributed by atoms with Crippen LogP contribution in [0, 0.1) is 0 Å². The molecule has 0 rings (SSSR count). The van der Waals surface area contributed by atoms with Crippen molar-refractivity contribution in [1.82, 2.24) is 5.32 Å². The first-order valence-corrected chi connectivity index (χ1v) is 4.45. The summed E-state index contributed by atoms with van der Waals surface area (Å²) in [6.07, 6.45) is 2.21. The molecule has 72 valence electrons. The minimum absolute atomic E-state index is 0.196. The van der Waals surface area contributed by atoms with E-state index in [1.54, 1.807) is 0 Å². The highest BCUT2D eigenvalue weighted by Crippen LogP contribution is 1.97. The minimum Gasteiger partial charge on any atom is -0.468 e. The Morgan fingerprint density at radius 3 is 2.50 bits per heavy atom. The van der Waals surface area contributed by atoms with Gasteiger partial charge in [-0.3, -0.25) is 4.79 Å². The fourth-order valence-electron chi connectivity index (χ4n) is 1.19. The van der Waals surface area contributed by atoms with Gasteiger partial charge in [-0.1, -0.05) is 13.3 Å². The maximum Gasteiger partial charge on any atom is 0.322 e. The Morgan fingerprint density at radius 2 is 2.08 bits per heavy atom. The number of carbonyl (C=O) groups excluding carboxylic acids is 1. The van der Waals surface area contributed by atoms with Gasteiger partial charge in [-0.25, -0.2) is 0 Å². The van der Waals surface area contributed by atoms with Crippen molar-refractivity contribution in [2.24, 2.45) is 0 Å². The Kier molecular flexibility index (Phi) is 5.72. The highest BCUT2D eigenvalue weighted by Gasteiger charge is 2.14. The number of hydrogen-bond acceptors (Lipinski definition) is 3. The molecular weight excluding hydrogens is 154 g/mol. The summed E-state index contributed by atoms with van der Waals surface area (Å²) in [5, 5.41) is 3.16. The molecule has 2 unspecified atom stereocenters. The Morgan fingerprint density at radius 1 is 1.50 bits per heavy atom. The van der Waals surface area contributed by atoms with Crippen LogP contribution in [0.3, 0.4) is 0 Å². The van der Waals surface area contributed by atoms with Crippen molar-refractivity contribution in [2.75, 3.05) is 7.11 Å². The van der Waals surface area contributed by atoms with E-state index >= 15 is 0 Å². The molecule has 2 atom stereocenters. The molecule has 0 amide bonds.